The Morgan fingerprint density at radius 1 is 1.47 bits per heavy atom. The Labute approximate surface area is 112 Å². The van der Waals surface area contributed by atoms with E-state index in [0.717, 1.165) is 0 Å². The van der Waals surface area contributed by atoms with Crippen LogP contribution in [0.25, 0.3) is 0 Å². The summed E-state index contributed by atoms with van der Waals surface area (Å²) in [5.41, 5.74) is 0.472. The fraction of sp³-hybridized carbons (Fsp3) is 0.462. The third-order valence-electron chi connectivity index (χ3n) is 2.45. The first-order chi connectivity index (χ1) is 8.95. The number of aromatic nitrogens is 1. The van der Waals surface area contributed by atoms with Crippen molar-refractivity contribution < 1.29 is 14.3 Å². The van der Waals surface area contributed by atoms with E-state index in [9.17, 15) is 9.59 Å². The van der Waals surface area contributed by atoms with Crippen LogP contribution in [-0.2, 0) is 9.53 Å². The summed E-state index contributed by atoms with van der Waals surface area (Å²) in [6.45, 7) is 3.94. The van der Waals surface area contributed by atoms with Gasteiger partial charge in [0.15, 0.2) is 0 Å². The number of amides is 2. The van der Waals surface area contributed by atoms with Crippen molar-refractivity contribution in [2.75, 3.05) is 26.0 Å². The first-order valence-corrected chi connectivity index (χ1v) is 6.05. The first kappa shape index (κ1) is 15.1. The molecule has 1 heterocycles. The van der Waals surface area contributed by atoms with Gasteiger partial charge in [0.2, 0.25) is 0 Å². The third kappa shape index (κ3) is 4.33. The summed E-state index contributed by atoms with van der Waals surface area (Å²) in [6.07, 6.45) is 0.928. The summed E-state index contributed by atoms with van der Waals surface area (Å²) in [4.78, 5) is 29.0. The zero-order valence-corrected chi connectivity index (χ0v) is 11.6. The van der Waals surface area contributed by atoms with Gasteiger partial charge in [0.25, 0.3) is 11.8 Å². The second-order valence-corrected chi connectivity index (χ2v) is 4.22. The summed E-state index contributed by atoms with van der Waals surface area (Å²) < 4.78 is 5.18. The molecule has 2 amide bonds. The van der Waals surface area contributed by atoms with Gasteiger partial charge in [-0.15, -0.1) is 0 Å². The predicted molar refractivity (Wildman–Crippen MR) is 72.0 cm³/mol. The molecular formula is C13H19N3O3. The lowest BCUT2D eigenvalue weighted by atomic mass is 10.2. The number of ether oxygens (including phenoxy) is 1. The Bertz CT molecular complexity index is 460. The van der Waals surface area contributed by atoms with E-state index in [-0.39, 0.29) is 11.8 Å². The molecule has 0 aliphatic rings. The molecule has 19 heavy (non-hydrogen) atoms. The van der Waals surface area contributed by atoms with Gasteiger partial charge < -0.3 is 15.0 Å². The van der Waals surface area contributed by atoms with E-state index >= 15 is 0 Å². The van der Waals surface area contributed by atoms with E-state index in [1.165, 1.54) is 11.1 Å². The zero-order chi connectivity index (χ0) is 14.4. The number of carbonyl (C=O) groups is 2. The highest BCUT2D eigenvalue weighted by Gasteiger charge is 2.14. The van der Waals surface area contributed by atoms with Crippen molar-refractivity contribution in [2.45, 2.75) is 20.0 Å². The zero-order valence-electron chi connectivity index (χ0n) is 11.6. The van der Waals surface area contributed by atoms with Crippen molar-refractivity contribution in [3.05, 3.63) is 23.9 Å². The lowest BCUT2D eigenvalue weighted by Crippen LogP contribution is -2.28. The van der Waals surface area contributed by atoms with Crippen LogP contribution in [0.5, 0.6) is 0 Å². The third-order valence-corrected chi connectivity index (χ3v) is 2.45. The van der Waals surface area contributed by atoms with Crippen molar-refractivity contribution >= 4 is 17.6 Å². The number of carbonyl (C=O) groups excluding carboxylic acids is 2. The SMILES string of the molecule is CCO[C@@H](C)C(=O)Nc1cc(C(=O)N(C)C)ccn1. The van der Waals surface area contributed by atoms with Gasteiger partial charge in [-0.2, -0.15) is 0 Å². The van der Waals surface area contributed by atoms with Crippen LogP contribution in [-0.4, -0.2) is 48.5 Å². The van der Waals surface area contributed by atoms with Gasteiger partial charge in [-0.05, 0) is 26.0 Å². The molecule has 1 aromatic heterocycles. The Balaban J connectivity index is 2.77. The van der Waals surface area contributed by atoms with E-state index in [4.69, 9.17) is 4.74 Å². The van der Waals surface area contributed by atoms with E-state index < -0.39 is 6.10 Å². The van der Waals surface area contributed by atoms with Crippen molar-refractivity contribution in [1.82, 2.24) is 9.88 Å². The van der Waals surface area contributed by atoms with Crippen LogP contribution in [0.15, 0.2) is 18.3 Å². The molecular weight excluding hydrogens is 246 g/mol. The minimum Gasteiger partial charge on any atom is -0.369 e. The Morgan fingerprint density at radius 2 is 2.16 bits per heavy atom. The summed E-state index contributed by atoms with van der Waals surface area (Å²) in [6, 6.07) is 3.14. The topological polar surface area (TPSA) is 71.5 Å². The molecule has 0 unspecified atom stereocenters. The maximum atomic E-state index is 11.8. The van der Waals surface area contributed by atoms with Gasteiger partial charge in [0.1, 0.15) is 11.9 Å². The molecule has 6 nitrogen and oxygen atoms in total. The minimum atomic E-state index is -0.556. The molecule has 1 N–H and O–H groups in total. The largest absolute Gasteiger partial charge is 0.369 e. The molecule has 1 aromatic rings. The molecule has 0 bridgehead atoms. The van der Waals surface area contributed by atoms with Crippen molar-refractivity contribution in [3.8, 4) is 0 Å². The monoisotopic (exact) mass is 265 g/mol. The molecule has 0 saturated heterocycles. The average molecular weight is 265 g/mol. The lowest BCUT2D eigenvalue weighted by Gasteiger charge is -2.13. The fourth-order valence-electron chi connectivity index (χ4n) is 1.44. The normalized spacial score (nSPS) is 11.8. The van der Waals surface area contributed by atoms with Crippen LogP contribution in [0.3, 0.4) is 0 Å². The number of rotatable bonds is 5. The lowest BCUT2D eigenvalue weighted by molar-refractivity contribution is -0.126. The molecule has 0 fully saturated rings. The number of anilines is 1. The quantitative estimate of drug-likeness (QED) is 0.866. The number of pyridine rings is 1. The predicted octanol–water partition coefficient (Wildman–Crippen LogP) is 1.15. The molecule has 104 valence electrons. The van der Waals surface area contributed by atoms with Gasteiger partial charge in [0, 0.05) is 32.5 Å². The Morgan fingerprint density at radius 3 is 2.74 bits per heavy atom. The smallest absolute Gasteiger partial charge is 0.254 e. The van der Waals surface area contributed by atoms with Crippen molar-refractivity contribution in [3.63, 3.8) is 0 Å². The van der Waals surface area contributed by atoms with Gasteiger partial charge in [-0.3, -0.25) is 9.59 Å². The first-order valence-electron chi connectivity index (χ1n) is 6.05. The molecule has 1 rings (SSSR count). The van der Waals surface area contributed by atoms with Gasteiger partial charge in [-0.25, -0.2) is 4.98 Å². The summed E-state index contributed by atoms with van der Waals surface area (Å²) in [5, 5.41) is 2.61. The molecule has 0 aliphatic carbocycles. The highest BCUT2D eigenvalue weighted by molar-refractivity contribution is 5.97. The molecule has 0 saturated carbocycles. The van der Waals surface area contributed by atoms with E-state index in [1.807, 2.05) is 6.92 Å². The number of hydrogen-bond donors (Lipinski definition) is 1. The van der Waals surface area contributed by atoms with E-state index in [2.05, 4.69) is 10.3 Å². The summed E-state index contributed by atoms with van der Waals surface area (Å²) >= 11 is 0. The Kier molecular flexibility index (Phi) is 5.44. The van der Waals surface area contributed by atoms with Gasteiger partial charge >= 0.3 is 0 Å². The maximum absolute atomic E-state index is 11.8. The van der Waals surface area contributed by atoms with Crippen LogP contribution < -0.4 is 5.32 Å². The fourth-order valence-corrected chi connectivity index (χ4v) is 1.44. The molecule has 6 heteroatoms. The second-order valence-electron chi connectivity index (χ2n) is 4.22. The highest BCUT2D eigenvalue weighted by Crippen LogP contribution is 2.09. The van der Waals surface area contributed by atoms with Crippen molar-refractivity contribution in [2.24, 2.45) is 0 Å². The number of hydrogen-bond acceptors (Lipinski definition) is 4. The number of nitrogens with one attached hydrogen (secondary N) is 1. The van der Waals surface area contributed by atoms with Gasteiger partial charge in [-0.1, -0.05) is 0 Å². The van der Waals surface area contributed by atoms with Crippen LogP contribution in [0.1, 0.15) is 24.2 Å². The molecule has 1 atom stereocenters. The molecule has 0 aromatic carbocycles. The maximum Gasteiger partial charge on any atom is 0.254 e. The average Bonchev–Trinajstić information content (AvgIpc) is 2.38. The number of nitrogens with zero attached hydrogens (tertiary/aromatic N) is 2. The van der Waals surface area contributed by atoms with Crippen LogP contribution in [0.2, 0.25) is 0 Å². The standard InChI is InChI=1S/C13H19N3O3/c1-5-19-9(2)12(17)15-11-8-10(6-7-14-11)13(18)16(3)4/h6-9H,5H2,1-4H3,(H,14,15,17)/t9-/m0/s1. The molecule has 0 spiro atoms. The van der Waals surface area contributed by atoms with Crippen LogP contribution in [0.4, 0.5) is 5.82 Å². The van der Waals surface area contributed by atoms with Crippen LogP contribution in [0, 0.1) is 0 Å². The second kappa shape index (κ2) is 6.84. The van der Waals surface area contributed by atoms with Crippen LogP contribution >= 0.6 is 0 Å². The van der Waals surface area contributed by atoms with Gasteiger partial charge in [0.05, 0.1) is 0 Å². The Hall–Kier alpha value is -1.95. The highest BCUT2D eigenvalue weighted by atomic mass is 16.5. The van der Waals surface area contributed by atoms with E-state index in [0.29, 0.717) is 18.0 Å². The minimum absolute atomic E-state index is 0.143. The van der Waals surface area contributed by atoms with E-state index in [1.54, 1.807) is 33.2 Å². The molecule has 0 aliphatic heterocycles. The molecule has 0 radical (unpaired) electrons. The van der Waals surface area contributed by atoms with Crippen molar-refractivity contribution in [1.29, 1.82) is 0 Å². The summed E-state index contributed by atoms with van der Waals surface area (Å²) in [7, 11) is 3.33. The summed E-state index contributed by atoms with van der Waals surface area (Å²) in [5.74, 6) is -0.0937.